The van der Waals surface area contributed by atoms with Crippen molar-refractivity contribution in [2.24, 2.45) is 0 Å². The molecule has 0 fully saturated rings. The number of ketones is 1. The Labute approximate surface area is 160 Å². The van der Waals surface area contributed by atoms with Gasteiger partial charge in [-0.3, -0.25) is 14.9 Å². The fourth-order valence-electron chi connectivity index (χ4n) is 2.39. The number of non-ortho nitro benzene ring substituents is 1. The SMILES string of the molecule is Cc1ccc(Nc2nc(C)c(C(=O)/C=C/c3ccc([N+](=O)[O-])cc3)s2)cc1. The van der Waals surface area contributed by atoms with Crippen LogP contribution in [0, 0.1) is 24.0 Å². The second kappa shape index (κ2) is 7.92. The largest absolute Gasteiger partial charge is 0.332 e. The molecule has 0 saturated carbocycles. The summed E-state index contributed by atoms with van der Waals surface area (Å²) in [6.45, 7) is 3.81. The Morgan fingerprint density at radius 1 is 1.11 bits per heavy atom. The highest BCUT2D eigenvalue weighted by Gasteiger charge is 2.13. The maximum absolute atomic E-state index is 12.5. The summed E-state index contributed by atoms with van der Waals surface area (Å²) in [5.74, 6) is -0.152. The zero-order valence-corrected chi connectivity index (χ0v) is 15.6. The first-order valence-electron chi connectivity index (χ1n) is 8.20. The van der Waals surface area contributed by atoms with E-state index in [0.717, 1.165) is 5.69 Å². The molecule has 0 radical (unpaired) electrons. The molecule has 2 aromatic carbocycles. The number of hydrogen-bond acceptors (Lipinski definition) is 6. The van der Waals surface area contributed by atoms with Crippen molar-refractivity contribution in [2.75, 3.05) is 5.32 Å². The minimum atomic E-state index is -0.456. The molecule has 6 nitrogen and oxygen atoms in total. The van der Waals surface area contributed by atoms with E-state index in [-0.39, 0.29) is 11.5 Å². The molecule has 0 aliphatic heterocycles. The third kappa shape index (κ3) is 4.65. The van der Waals surface area contributed by atoms with Gasteiger partial charge in [0.15, 0.2) is 10.9 Å². The molecule has 0 unspecified atom stereocenters. The van der Waals surface area contributed by atoms with Crippen LogP contribution in [0.2, 0.25) is 0 Å². The van der Waals surface area contributed by atoms with Gasteiger partial charge in [0.2, 0.25) is 0 Å². The van der Waals surface area contributed by atoms with E-state index in [9.17, 15) is 14.9 Å². The van der Waals surface area contributed by atoms with Gasteiger partial charge < -0.3 is 5.32 Å². The fraction of sp³-hybridized carbons (Fsp3) is 0.100. The Balaban J connectivity index is 1.72. The van der Waals surface area contributed by atoms with Crippen molar-refractivity contribution in [2.45, 2.75) is 13.8 Å². The molecule has 0 amide bonds. The van der Waals surface area contributed by atoms with Gasteiger partial charge in [-0.2, -0.15) is 0 Å². The van der Waals surface area contributed by atoms with Gasteiger partial charge in [0.25, 0.3) is 5.69 Å². The molecule has 7 heteroatoms. The van der Waals surface area contributed by atoms with E-state index in [1.807, 2.05) is 31.2 Å². The summed E-state index contributed by atoms with van der Waals surface area (Å²) in [4.78, 5) is 27.7. The Kier molecular flexibility index (Phi) is 5.42. The van der Waals surface area contributed by atoms with E-state index >= 15 is 0 Å². The molecular formula is C20H17N3O3S. The summed E-state index contributed by atoms with van der Waals surface area (Å²) in [6, 6.07) is 13.9. The summed E-state index contributed by atoms with van der Waals surface area (Å²) >= 11 is 1.30. The van der Waals surface area contributed by atoms with Crippen LogP contribution in [0.3, 0.4) is 0 Å². The molecule has 1 aromatic heterocycles. The Hall–Kier alpha value is -3.32. The van der Waals surface area contributed by atoms with Crippen LogP contribution in [0.15, 0.2) is 54.6 Å². The lowest BCUT2D eigenvalue weighted by Gasteiger charge is -2.01. The fourth-order valence-corrected chi connectivity index (χ4v) is 3.30. The molecule has 0 aliphatic rings. The van der Waals surface area contributed by atoms with Crippen LogP contribution >= 0.6 is 11.3 Å². The van der Waals surface area contributed by atoms with Crippen molar-refractivity contribution in [1.82, 2.24) is 4.98 Å². The number of benzene rings is 2. The summed E-state index contributed by atoms with van der Waals surface area (Å²) < 4.78 is 0. The van der Waals surface area contributed by atoms with E-state index < -0.39 is 4.92 Å². The van der Waals surface area contributed by atoms with E-state index in [4.69, 9.17) is 0 Å². The average Bonchev–Trinajstić information content (AvgIpc) is 3.02. The van der Waals surface area contributed by atoms with Crippen molar-refractivity contribution in [3.8, 4) is 0 Å². The number of nitrogens with one attached hydrogen (secondary N) is 1. The van der Waals surface area contributed by atoms with Gasteiger partial charge in [-0.25, -0.2) is 4.98 Å². The van der Waals surface area contributed by atoms with Gasteiger partial charge in [-0.15, -0.1) is 0 Å². The van der Waals surface area contributed by atoms with E-state index in [1.165, 1.54) is 35.1 Å². The molecule has 0 bridgehead atoms. The van der Waals surface area contributed by atoms with Crippen molar-refractivity contribution >= 4 is 39.7 Å². The molecule has 0 atom stereocenters. The summed E-state index contributed by atoms with van der Waals surface area (Å²) in [7, 11) is 0. The lowest BCUT2D eigenvalue weighted by atomic mass is 10.1. The topological polar surface area (TPSA) is 85.1 Å². The summed E-state index contributed by atoms with van der Waals surface area (Å²) in [6.07, 6.45) is 3.09. The van der Waals surface area contributed by atoms with Gasteiger partial charge >= 0.3 is 0 Å². The number of nitro groups is 1. The van der Waals surface area contributed by atoms with Crippen LogP contribution in [0.5, 0.6) is 0 Å². The van der Waals surface area contributed by atoms with Gasteiger partial charge in [0.05, 0.1) is 15.5 Å². The van der Waals surface area contributed by atoms with Crippen LogP contribution in [0.4, 0.5) is 16.5 Å². The number of nitrogens with zero attached hydrogens (tertiary/aromatic N) is 2. The van der Waals surface area contributed by atoms with Gasteiger partial charge in [-0.1, -0.05) is 35.1 Å². The summed E-state index contributed by atoms with van der Waals surface area (Å²) in [5.41, 5.74) is 3.48. The third-order valence-corrected chi connectivity index (χ3v) is 4.94. The van der Waals surface area contributed by atoms with Crippen molar-refractivity contribution in [3.05, 3.63) is 86.4 Å². The highest BCUT2D eigenvalue weighted by Crippen LogP contribution is 2.26. The molecule has 1 N–H and O–H groups in total. The number of nitro benzene ring substituents is 1. The number of carbonyl (C=O) groups excluding carboxylic acids is 1. The highest BCUT2D eigenvalue weighted by atomic mass is 32.1. The van der Waals surface area contributed by atoms with E-state index in [2.05, 4.69) is 10.3 Å². The zero-order chi connectivity index (χ0) is 19.4. The maximum atomic E-state index is 12.5. The second-order valence-corrected chi connectivity index (χ2v) is 6.97. The Morgan fingerprint density at radius 2 is 1.78 bits per heavy atom. The molecule has 0 saturated heterocycles. The minimum absolute atomic E-state index is 0.0172. The number of anilines is 2. The molecule has 0 aliphatic carbocycles. The molecule has 1 heterocycles. The standard InChI is InChI=1S/C20H17N3O3S/c1-13-3-8-16(9-4-13)22-20-21-14(2)19(27-20)18(24)12-7-15-5-10-17(11-6-15)23(25)26/h3-12H,1-2H3,(H,21,22)/b12-7+. The van der Waals surface area contributed by atoms with Gasteiger partial charge in [-0.05, 0) is 49.8 Å². The van der Waals surface area contributed by atoms with Crippen molar-refractivity contribution in [1.29, 1.82) is 0 Å². The van der Waals surface area contributed by atoms with Crippen LogP contribution in [-0.4, -0.2) is 15.7 Å². The average molecular weight is 379 g/mol. The van der Waals surface area contributed by atoms with Crippen molar-refractivity contribution < 1.29 is 9.72 Å². The predicted octanol–water partition coefficient (Wildman–Crippen LogP) is 5.31. The highest BCUT2D eigenvalue weighted by molar-refractivity contribution is 7.17. The number of aryl methyl sites for hydroxylation is 2. The number of aromatic nitrogens is 1. The van der Waals surface area contributed by atoms with Gasteiger partial charge in [0, 0.05) is 17.8 Å². The van der Waals surface area contributed by atoms with E-state index in [1.54, 1.807) is 25.1 Å². The Bertz CT molecular complexity index is 1010. The maximum Gasteiger partial charge on any atom is 0.269 e. The number of hydrogen-bond donors (Lipinski definition) is 1. The Morgan fingerprint density at radius 3 is 2.41 bits per heavy atom. The first-order chi connectivity index (χ1) is 12.9. The summed E-state index contributed by atoms with van der Waals surface area (Å²) in [5, 5.41) is 14.5. The lowest BCUT2D eigenvalue weighted by Crippen LogP contribution is -1.93. The molecule has 136 valence electrons. The quantitative estimate of drug-likeness (QED) is 0.272. The first-order valence-corrected chi connectivity index (χ1v) is 9.02. The first kappa shape index (κ1) is 18.5. The molecule has 3 rings (SSSR count). The molecule has 27 heavy (non-hydrogen) atoms. The van der Waals surface area contributed by atoms with Crippen LogP contribution in [-0.2, 0) is 0 Å². The van der Waals surface area contributed by atoms with Gasteiger partial charge in [0.1, 0.15) is 0 Å². The molecular weight excluding hydrogens is 362 g/mol. The number of rotatable bonds is 6. The van der Waals surface area contributed by atoms with Crippen molar-refractivity contribution in [3.63, 3.8) is 0 Å². The lowest BCUT2D eigenvalue weighted by molar-refractivity contribution is -0.384. The number of thiazole rings is 1. The van der Waals surface area contributed by atoms with E-state index in [0.29, 0.717) is 21.3 Å². The third-order valence-electron chi connectivity index (χ3n) is 3.85. The van der Waals surface area contributed by atoms with Crippen LogP contribution < -0.4 is 5.32 Å². The smallest absolute Gasteiger partial charge is 0.269 e. The monoisotopic (exact) mass is 379 g/mol. The minimum Gasteiger partial charge on any atom is -0.332 e. The second-order valence-electron chi connectivity index (χ2n) is 5.97. The zero-order valence-electron chi connectivity index (χ0n) is 14.8. The predicted molar refractivity (Wildman–Crippen MR) is 108 cm³/mol. The number of carbonyl (C=O) groups is 1. The van der Waals surface area contributed by atoms with Crippen LogP contribution in [0.25, 0.3) is 6.08 Å². The van der Waals surface area contributed by atoms with Crippen LogP contribution in [0.1, 0.15) is 26.5 Å². The molecule has 3 aromatic rings. The number of allylic oxidation sites excluding steroid dienone is 1. The molecule has 0 spiro atoms. The normalized spacial score (nSPS) is 10.9.